The number of pyridine rings is 1. The van der Waals surface area contributed by atoms with Crippen LogP contribution in [0.4, 0.5) is 8.78 Å². The van der Waals surface area contributed by atoms with Gasteiger partial charge in [0.05, 0.1) is 24.7 Å². The summed E-state index contributed by atoms with van der Waals surface area (Å²) < 4.78 is 33.4. The molecule has 0 spiro atoms. The molecule has 6 nitrogen and oxygen atoms in total. The molecule has 0 aromatic carbocycles. The third-order valence-electron chi connectivity index (χ3n) is 6.64. The minimum Gasteiger partial charge on any atom is -0.374 e. The van der Waals surface area contributed by atoms with E-state index in [1.165, 1.54) is 0 Å². The number of alkyl halides is 2. The minimum atomic E-state index is -2.70. The molecular formula is C19H21F2N3O3. The SMILES string of the molecule is O=C(N[C@H]1CO[C@H]2CN(C(=O)[C@H]3[C@H]4CCC(F)(F)[C@H]43)C[C@@H]12)c1ccncc1. The molecule has 0 unspecified atom stereocenters. The number of carbonyl (C=O) groups excluding carboxylic acids is 2. The van der Waals surface area contributed by atoms with Crippen LogP contribution >= 0.6 is 0 Å². The van der Waals surface area contributed by atoms with E-state index in [0.29, 0.717) is 31.7 Å². The summed E-state index contributed by atoms with van der Waals surface area (Å²) in [6.07, 6.45) is 3.32. The molecule has 2 saturated carbocycles. The average Bonchev–Trinajstić information content (AvgIpc) is 2.88. The van der Waals surface area contributed by atoms with Gasteiger partial charge in [0, 0.05) is 49.3 Å². The van der Waals surface area contributed by atoms with Crippen LogP contribution in [0.3, 0.4) is 0 Å². The van der Waals surface area contributed by atoms with Crippen molar-refractivity contribution in [1.82, 2.24) is 15.2 Å². The molecule has 0 radical (unpaired) electrons. The highest BCUT2D eigenvalue weighted by atomic mass is 19.3. The highest BCUT2D eigenvalue weighted by molar-refractivity contribution is 5.94. The van der Waals surface area contributed by atoms with Gasteiger partial charge in [-0.15, -0.1) is 0 Å². The van der Waals surface area contributed by atoms with Crippen LogP contribution in [0, 0.1) is 23.7 Å². The lowest BCUT2D eigenvalue weighted by Crippen LogP contribution is -2.42. The molecule has 5 rings (SSSR count). The first-order valence-corrected chi connectivity index (χ1v) is 9.45. The molecule has 1 N–H and O–H groups in total. The van der Waals surface area contributed by atoms with Crippen LogP contribution in [0.5, 0.6) is 0 Å². The molecular weight excluding hydrogens is 356 g/mol. The number of aromatic nitrogens is 1. The quantitative estimate of drug-likeness (QED) is 0.863. The lowest BCUT2D eigenvalue weighted by atomic mass is 10.00. The molecule has 2 amide bonds. The number of amides is 2. The van der Waals surface area contributed by atoms with Gasteiger partial charge in [-0.25, -0.2) is 8.78 Å². The third kappa shape index (κ3) is 2.72. The standard InChI is InChI=1S/C19H21F2N3O3/c20-19(21)4-1-11-15(16(11)19)18(26)24-7-12-13(9-27-14(12)8-24)23-17(25)10-2-5-22-6-3-10/h2-3,5-6,11-16H,1,4,7-9H2,(H,23,25)/t11-,12+,13+,14+,15+,16-/m1/s1. The van der Waals surface area contributed by atoms with Crippen molar-refractivity contribution >= 4 is 11.8 Å². The van der Waals surface area contributed by atoms with Crippen LogP contribution in [0.1, 0.15) is 23.2 Å². The number of fused-ring (bicyclic) bond motifs is 2. The third-order valence-corrected chi connectivity index (χ3v) is 6.64. The number of rotatable bonds is 3. The summed E-state index contributed by atoms with van der Waals surface area (Å²) in [6.45, 7) is 1.28. The van der Waals surface area contributed by atoms with Gasteiger partial charge in [-0.2, -0.15) is 0 Å². The van der Waals surface area contributed by atoms with Gasteiger partial charge < -0.3 is 15.0 Å². The van der Waals surface area contributed by atoms with E-state index in [2.05, 4.69) is 10.3 Å². The van der Waals surface area contributed by atoms with Gasteiger partial charge in [0.25, 0.3) is 11.8 Å². The normalized spacial score (nSPS) is 38.4. The first kappa shape index (κ1) is 17.0. The van der Waals surface area contributed by atoms with Crippen LogP contribution < -0.4 is 5.32 Å². The Labute approximate surface area is 155 Å². The molecule has 4 fully saturated rings. The Kier molecular flexibility index (Phi) is 3.76. The molecule has 1 aromatic heterocycles. The van der Waals surface area contributed by atoms with Crippen LogP contribution in [0.25, 0.3) is 0 Å². The van der Waals surface area contributed by atoms with Crippen molar-refractivity contribution in [2.24, 2.45) is 23.7 Å². The Balaban J connectivity index is 1.22. The topological polar surface area (TPSA) is 71.5 Å². The maximum absolute atomic E-state index is 13.8. The van der Waals surface area contributed by atoms with E-state index in [0.717, 1.165) is 0 Å². The molecule has 6 atom stereocenters. The second-order valence-corrected chi connectivity index (χ2v) is 8.11. The molecule has 144 valence electrons. The van der Waals surface area contributed by atoms with Gasteiger partial charge in [-0.05, 0) is 24.5 Å². The molecule has 4 aliphatic rings. The van der Waals surface area contributed by atoms with E-state index in [4.69, 9.17) is 4.74 Å². The second kappa shape index (κ2) is 5.95. The summed E-state index contributed by atoms with van der Waals surface area (Å²) in [5.41, 5.74) is 0.521. The van der Waals surface area contributed by atoms with Crippen molar-refractivity contribution in [1.29, 1.82) is 0 Å². The summed E-state index contributed by atoms with van der Waals surface area (Å²) in [6, 6.07) is 3.09. The summed E-state index contributed by atoms with van der Waals surface area (Å²) in [4.78, 5) is 30.7. The molecule has 8 heteroatoms. The highest BCUT2D eigenvalue weighted by Gasteiger charge is 2.70. The number of nitrogens with one attached hydrogen (secondary N) is 1. The van der Waals surface area contributed by atoms with Gasteiger partial charge in [-0.1, -0.05) is 0 Å². The van der Waals surface area contributed by atoms with Crippen molar-refractivity contribution in [2.75, 3.05) is 19.7 Å². The zero-order chi connectivity index (χ0) is 18.8. The Morgan fingerprint density at radius 1 is 1.22 bits per heavy atom. The van der Waals surface area contributed by atoms with E-state index in [1.807, 2.05) is 0 Å². The van der Waals surface area contributed by atoms with E-state index < -0.39 is 17.8 Å². The fourth-order valence-electron chi connectivity index (χ4n) is 5.18. The maximum atomic E-state index is 13.8. The first-order chi connectivity index (χ1) is 13.0. The van der Waals surface area contributed by atoms with Gasteiger partial charge in [0.15, 0.2) is 0 Å². The summed E-state index contributed by atoms with van der Waals surface area (Å²) in [5, 5.41) is 2.97. The lowest BCUT2D eigenvalue weighted by molar-refractivity contribution is -0.135. The van der Waals surface area contributed by atoms with Crippen LogP contribution in [0.2, 0.25) is 0 Å². The summed E-state index contributed by atoms with van der Waals surface area (Å²) >= 11 is 0. The number of hydrogen-bond acceptors (Lipinski definition) is 4. The highest BCUT2D eigenvalue weighted by Crippen LogP contribution is 2.65. The van der Waals surface area contributed by atoms with Crippen molar-refractivity contribution in [3.63, 3.8) is 0 Å². The maximum Gasteiger partial charge on any atom is 0.252 e. The molecule has 0 bridgehead atoms. The molecule has 2 aliphatic carbocycles. The first-order valence-electron chi connectivity index (χ1n) is 9.45. The average molecular weight is 377 g/mol. The fourth-order valence-corrected chi connectivity index (χ4v) is 5.18. The molecule has 1 aromatic rings. The Morgan fingerprint density at radius 3 is 2.70 bits per heavy atom. The van der Waals surface area contributed by atoms with E-state index in [9.17, 15) is 18.4 Å². The largest absolute Gasteiger partial charge is 0.374 e. The molecule has 27 heavy (non-hydrogen) atoms. The zero-order valence-electron chi connectivity index (χ0n) is 14.7. The van der Waals surface area contributed by atoms with Crippen molar-refractivity contribution in [3.8, 4) is 0 Å². The summed E-state index contributed by atoms with van der Waals surface area (Å²) in [7, 11) is 0. The van der Waals surface area contributed by atoms with Gasteiger partial charge >= 0.3 is 0 Å². The monoisotopic (exact) mass is 377 g/mol. The molecule has 3 heterocycles. The number of halogens is 2. The minimum absolute atomic E-state index is 0.00108. The molecule has 2 aliphatic heterocycles. The lowest BCUT2D eigenvalue weighted by Gasteiger charge is -2.22. The van der Waals surface area contributed by atoms with Gasteiger partial charge in [0.1, 0.15) is 0 Å². The van der Waals surface area contributed by atoms with E-state index in [1.54, 1.807) is 29.4 Å². The Bertz CT molecular complexity index is 775. The van der Waals surface area contributed by atoms with Crippen LogP contribution in [0.15, 0.2) is 24.5 Å². The van der Waals surface area contributed by atoms with Crippen molar-refractivity contribution < 1.29 is 23.1 Å². The molecule has 2 saturated heterocycles. The van der Waals surface area contributed by atoms with Gasteiger partial charge in [-0.3, -0.25) is 14.6 Å². The van der Waals surface area contributed by atoms with Crippen molar-refractivity contribution in [2.45, 2.75) is 30.9 Å². The second-order valence-electron chi connectivity index (χ2n) is 8.11. The Hall–Kier alpha value is -2.09. The van der Waals surface area contributed by atoms with E-state index >= 15 is 0 Å². The number of carbonyl (C=O) groups is 2. The number of likely N-dealkylation sites (tertiary alicyclic amines) is 1. The fraction of sp³-hybridized carbons (Fsp3) is 0.632. The zero-order valence-corrected chi connectivity index (χ0v) is 14.7. The smallest absolute Gasteiger partial charge is 0.252 e. The van der Waals surface area contributed by atoms with Gasteiger partial charge in [0.2, 0.25) is 5.91 Å². The number of hydrogen-bond donors (Lipinski definition) is 1. The number of nitrogens with zero attached hydrogens (tertiary/aromatic N) is 2. The van der Waals surface area contributed by atoms with E-state index in [-0.39, 0.29) is 42.2 Å². The number of ether oxygens (including phenoxy) is 1. The van der Waals surface area contributed by atoms with Crippen molar-refractivity contribution in [3.05, 3.63) is 30.1 Å². The predicted molar refractivity (Wildman–Crippen MR) is 90.0 cm³/mol. The Morgan fingerprint density at radius 2 is 2.00 bits per heavy atom. The predicted octanol–water partition coefficient (Wildman–Crippen LogP) is 1.33. The van der Waals surface area contributed by atoms with Crippen LogP contribution in [-0.4, -0.2) is 59.5 Å². The summed E-state index contributed by atoms with van der Waals surface area (Å²) in [5.74, 6) is -4.52. The van der Waals surface area contributed by atoms with Crippen LogP contribution in [-0.2, 0) is 9.53 Å².